The minimum Gasteiger partial charge on any atom is -0.277 e. The zero-order valence-electron chi connectivity index (χ0n) is 26.1. The molecule has 0 spiro atoms. The van der Waals surface area contributed by atoms with Crippen molar-refractivity contribution in [3.63, 3.8) is 0 Å². The molecule has 0 bridgehead atoms. The highest BCUT2D eigenvalue weighted by Crippen LogP contribution is 2.44. The molecule has 226 valence electrons. The van der Waals surface area contributed by atoms with E-state index >= 15 is 0 Å². The standard InChI is InChI=1S/C38H33N7O/c1-25-20-21-28(22-26(25)2)23-41-42-35-33-32(29-14-8-5-9-15-29)34(30-16-10-6-11-17-30)44(36(33)40-24-39-35)37-27(3)38(46)45(43(37)4)31-18-12-7-13-19-31/h5-24H,1-4H3,(H,39,40,42)/b41-23+. The van der Waals surface area contributed by atoms with Crippen LogP contribution < -0.4 is 11.0 Å². The first-order valence-electron chi connectivity index (χ1n) is 15.1. The Morgan fingerprint density at radius 3 is 2.09 bits per heavy atom. The molecule has 0 fully saturated rings. The molecule has 0 atom stereocenters. The molecule has 0 amide bonds. The largest absolute Gasteiger partial charge is 0.277 e. The summed E-state index contributed by atoms with van der Waals surface area (Å²) in [6.07, 6.45) is 3.34. The predicted octanol–water partition coefficient (Wildman–Crippen LogP) is 7.62. The molecule has 8 heteroatoms. The van der Waals surface area contributed by atoms with Crippen LogP contribution >= 0.6 is 0 Å². The Morgan fingerprint density at radius 1 is 0.761 bits per heavy atom. The Hall–Kier alpha value is -6.02. The summed E-state index contributed by atoms with van der Waals surface area (Å²) in [6, 6.07) is 36.3. The van der Waals surface area contributed by atoms with E-state index in [2.05, 4.69) is 70.3 Å². The van der Waals surface area contributed by atoms with Crippen LogP contribution in [0, 0.1) is 20.8 Å². The minimum absolute atomic E-state index is 0.101. The van der Waals surface area contributed by atoms with Crippen LogP contribution in [0.4, 0.5) is 5.82 Å². The van der Waals surface area contributed by atoms with Gasteiger partial charge in [-0.25, -0.2) is 14.6 Å². The van der Waals surface area contributed by atoms with E-state index < -0.39 is 0 Å². The van der Waals surface area contributed by atoms with Gasteiger partial charge in [0, 0.05) is 12.6 Å². The Bertz CT molecular complexity index is 2280. The summed E-state index contributed by atoms with van der Waals surface area (Å²) in [4.78, 5) is 23.5. The Labute approximate surface area is 266 Å². The van der Waals surface area contributed by atoms with Crippen molar-refractivity contribution >= 4 is 23.1 Å². The molecule has 46 heavy (non-hydrogen) atoms. The van der Waals surface area contributed by atoms with Gasteiger partial charge in [0.15, 0.2) is 11.5 Å². The number of para-hydroxylation sites is 1. The summed E-state index contributed by atoms with van der Waals surface area (Å²) in [5.41, 5.74) is 12.4. The van der Waals surface area contributed by atoms with Gasteiger partial charge in [-0.3, -0.25) is 19.5 Å². The highest BCUT2D eigenvalue weighted by atomic mass is 16.1. The summed E-state index contributed by atoms with van der Waals surface area (Å²) in [5, 5.41) is 5.41. The molecule has 7 rings (SSSR count). The van der Waals surface area contributed by atoms with Crippen molar-refractivity contribution in [2.45, 2.75) is 20.8 Å². The first-order chi connectivity index (χ1) is 22.4. The fourth-order valence-electron chi connectivity index (χ4n) is 6.07. The number of hydrogen-bond acceptors (Lipinski definition) is 5. The van der Waals surface area contributed by atoms with Gasteiger partial charge in [0.05, 0.1) is 28.5 Å². The summed E-state index contributed by atoms with van der Waals surface area (Å²) < 4.78 is 5.69. The second kappa shape index (κ2) is 11.8. The summed E-state index contributed by atoms with van der Waals surface area (Å²) in [6.45, 7) is 6.06. The van der Waals surface area contributed by atoms with E-state index in [-0.39, 0.29) is 5.56 Å². The molecule has 0 unspecified atom stereocenters. The maximum Gasteiger partial charge on any atom is 0.276 e. The molecule has 8 nitrogen and oxygen atoms in total. The molecule has 4 aromatic carbocycles. The second-order valence-corrected chi connectivity index (χ2v) is 11.4. The van der Waals surface area contributed by atoms with Crippen molar-refractivity contribution in [1.29, 1.82) is 0 Å². The van der Waals surface area contributed by atoms with E-state index in [9.17, 15) is 4.79 Å². The molecular weight excluding hydrogens is 570 g/mol. The summed E-state index contributed by atoms with van der Waals surface area (Å²) >= 11 is 0. The number of hydrazone groups is 1. The number of nitrogens with zero attached hydrogens (tertiary/aromatic N) is 6. The van der Waals surface area contributed by atoms with E-state index in [1.165, 1.54) is 17.5 Å². The Kier molecular flexibility index (Phi) is 7.38. The van der Waals surface area contributed by atoms with Gasteiger partial charge in [-0.05, 0) is 60.7 Å². The zero-order valence-corrected chi connectivity index (χ0v) is 26.1. The minimum atomic E-state index is -0.101. The average molecular weight is 604 g/mol. The molecule has 1 N–H and O–H groups in total. The van der Waals surface area contributed by atoms with Crippen LogP contribution in [-0.2, 0) is 7.05 Å². The van der Waals surface area contributed by atoms with Gasteiger partial charge in [-0.1, -0.05) is 97.1 Å². The first kappa shape index (κ1) is 28.7. The van der Waals surface area contributed by atoms with Crippen molar-refractivity contribution in [3.05, 3.63) is 148 Å². The SMILES string of the molecule is Cc1ccc(/C=N/Nc2ncnc3c2c(-c2ccccc2)c(-c2ccccc2)n3-c2c(C)c(=O)n(-c3ccccc3)n2C)cc1C. The van der Waals surface area contributed by atoms with Crippen molar-refractivity contribution in [1.82, 2.24) is 23.9 Å². The van der Waals surface area contributed by atoms with Crippen LogP contribution in [0.3, 0.4) is 0 Å². The van der Waals surface area contributed by atoms with Crippen LogP contribution in [0.15, 0.2) is 125 Å². The highest BCUT2D eigenvalue weighted by Gasteiger charge is 2.29. The monoisotopic (exact) mass is 603 g/mol. The molecule has 7 aromatic rings. The third-order valence-electron chi connectivity index (χ3n) is 8.44. The van der Waals surface area contributed by atoms with Gasteiger partial charge >= 0.3 is 0 Å². The third-order valence-corrected chi connectivity index (χ3v) is 8.44. The van der Waals surface area contributed by atoms with Crippen LogP contribution in [-0.4, -0.2) is 30.1 Å². The lowest BCUT2D eigenvalue weighted by Gasteiger charge is -2.15. The van der Waals surface area contributed by atoms with Crippen LogP contribution in [0.5, 0.6) is 0 Å². The fraction of sp³-hybridized carbons (Fsp3) is 0.105. The van der Waals surface area contributed by atoms with Crippen molar-refractivity contribution < 1.29 is 0 Å². The lowest BCUT2D eigenvalue weighted by molar-refractivity contribution is 0.632. The van der Waals surface area contributed by atoms with Crippen molar-refractivity contribution in [3.8, 4) is 33.9 Å². The third kappa shape index (κ3) is 4.90. The lowest BCUT2D eigenvalue weighted by Crippen LogP contribution is -2.20. The number of anilines is 1. The highest BCUT2D eigenvalue weighted by molar-refractivity contribution is 6.09. The molecule has 0 aliphatic heterocycles. The van der Waals surface area contributed by atoms with E-state index in [1.54, 1.807) is 10.9 Å². The molecule has 0 saturated heterocycles. The topological polar surface area (TPSA) is 82.0 Å². The average Bonchev–Trinajstić information content (AvgIpc) is 3.54. The lowest BCUT2D eigenvalue weighted by atomic mass is 9.99. The first-order valence-corrected chi connectivity index (χ1v) is 15.1. The van der Waals surface area contributed by atoms with Gasteiger partial charge in [0.1, 0.15) is 12.1 Å². The van der Waals surface area contributed by atoms with Gasteiger partial charge in [-0.2, -0.15) is 5.10 Å². The number of hydrogen-bond donors (Lipinski definition) is 1. The molecule has 0 radical (unpaired) electrons. The molecule has 0 aliphatic carbocycles. The Balaban J connectivity index is 1.54. The van der Waals surface area contributed by atoms with E-state index in [0.29, 0.717) is 22.8 Å². The van der Waals surface area contributed by atoms with Crippen LogP contribution in [0.1, 0.15) is 22.3 Å². The maximum absolute atomic E-state index is 13.9. The molecule has 3 aromatic heterocycles. The van der Waals surface area contributed by atoms with E-state index in [4.69, 9.17) is 4.98 Å². The number of aromatic nitrogens is 5. The maximum atomic E-state index is 13.9. The summed E-state index contributed by atoms with van der Waals surface area (Å²) in [5.74, 6) is 1.27. The smallest absolute Gasteiger partial charge is 0.276 e. The van der Waals surface area contributed by atoms with Crippen molar-refractivity contribution in [2.75, 3.05) is 5.43 Å². The van der Waals surface area contributed by atoms with Gasteiger partial charge < -0.3 is 0 Å². The van der Waals surface area contributed by atoms with E-state index in [1.807, 2.05) is 91.4 Å². The quantitative estimate of drug-likeness (QED) is 0.150. The fourth-order valence-corrected chi connectivity index (χ4v) is 6.07. The molecule has 3 heterocycles. The van der Waals surface area contributed by atoms with Gasteiger partial charge in [0.2, 0.25) is 0 Å². The summed E-state index contributed by atoms with van der Waals surface area (Å²) in [7, 11) is 1.91. The van der Waals surface area contributed by atoms with Gasteiger partial charge in [-0.15, -0.1) is 0 Å². The van der Waals surface area contributed by atoms with E-state index in [0.717, 1.165) is 39.0 Å². The van der Waals surface area contributed by atoms with Crippen LogP contribution in [0.25, 0.3) is 44.9 Å². The zero-order chi connectivity index (χ0) is 31.8. The van der Waals surface area contributed by atoms with Crippen LogP contribution in [0.2, 0.25) is 0 Å². The van der Waals surface area contributed by atoms with Gasteiger partial charge in [0.25, 0.3) is 5.56 Å². The molecular formula is C38H33N7O. The predicted molar refractivity (Wildman–Crippen MR) is 186 cm³/mol. The normalized spacial score (nSPS) is 11.5. The number of benzene rings is 4. The molecule has 0 aliphatic rings. The number of fused-ring (bicyclic) bond motifs is 1. The number of nitrogens with one attached hydrogen (secondary N) is 1. The number of rotatable bonds is 7. The second-order valence-electron chi connectivity index (χ2n) is 11.4. The molecule has 0 saturated carbocycles. The van der Waals surface area contributed by atoms with Crippen molar-refractivity contribution in [2.24, 2.45) is 12.1 Å². The number of aryl methyl sites for hydroxylation is 2. The Morgan fingerprint density at radius 2 is 1.41 bits per heavy atom.